The molecule has 0 aliphatic carbocycles. The quantitative estimate of drug-likeness (QED) is 0.711. The number of alkyl halides is 4. The first-order valence-corrected chi connectivity index (χ1v) is 6.27. The van der Waals surface area contributed by atoms with Crippen LogP contribution in [-0.4, -0.2) is 25.3 Å². The Hall–Kier alpha value is -0.450. The zero-order chi connectivity index (χ0) is 13.6. The Kier molecular flexibility index (Phi) is 6.26. The number of benzene rings is 1. The fraction of sp³-hybridized carbons (Fsp3) is 0.500. The first-order chi connectivity index (χ1) is 8.40. The van der Waals surface area contributed by atoms with Crippen molar-refractivity contribution >= 4 is 23.2 Å². The first-order valence-electron chi connectivity index (χ1n) is 5.35. The van der Waals surface area contributed by atoms with Crippen LogP contribution in [0.5, 0.6) is 0 Å². The summed E-state index contributed by atoms with van der Waals surface area (Å²) in [7, 11) is 0. The second-order valence-corrected chi connectivity index (χ2v) is 4.73. The van der Waals surface area contributed by atoms with Crippen molar-refractivity contribution in [2.75, 3.05) is 19.1 Å². The van der Waals surface area contributed by atoms with Gasteiger partial charge in [0.05, 0.1) is 6.61 Å². The third-order valence-electron chi connectivity index (χ3n) is 2.28. The fourth-order valence-corrected chi connectivity index (χ4v) is 1.78. The predicted molar refractivity (Wildman–Crippen MR) is 66.2 cm³/mol. The van der Waals surface area contributed by atoms with Crippen LogP contribution in [0.1, 0.15) is 5.56 Å². The molecule has 1 atom stereocenters. The van der Waals surface area contributed by atoms with Gasteiger partial charge in [0.15, 0.2) is 0 Å². The van der Waals surface area contributed by atoms with Crippen molar-refractivity contribution in [1.82, 2.24) is 0 Å². The van der Waals surface area contributed by atoms with Crippen LogP contribution in [0, 0.1) is 5.92 Å². The second-order valence-electron chi connectivity index (χ2n) is 3.98. The van der Waals surface area contributed by atoms with Crippen LogP contribution in [0.15, 0.2) is 24.3 Å². The summed E-state index contributed by atoms with van der Waals surface area (Å²) in [6, 6.07) is 7.12. The minimum atomic E-state index is -4.29. The molecule has 0 aromatic heterocycles. The largest absolute Gasteiger partial charge is 0.411 e. The Bertz CT molecular complexity index is 351. The standard InChI is InChI=1S/C12H13Cl2F3O/c13-6-10(7-18-8-12(15,16)17)5-9-1-3-11(14)4-2-9/h1-4,10H,5-8H2. The Morgan fingerprint density at radius 1 is 1.17 bits per heavy atom. The van der Waals surface area contributed by atoms with Gasteiger partial charge in [0.2, 0.25) is 0 Å². The molecule has 6 heteroatoms. The average Bonchev–Trinajstić information content (AvgIpc) is 2.29. The van der Waals surface area contributed by atoms with E-state index < -0.39 is 12.8 Å². The molecule has 1 rings (SSSR count). The van der Waals surface area contributed by atoms with Crippen LogP contribution in [-0.2, 0) is 11.2 Å². The summed E-state index contributed by atoms with van der Waals surface area (Å²) >= 11 is 11.5. The lowest BCUT2D eigenvalue weighted by Crippen LogP contribution is -2.22. The highest BCUT2D eigenvalue weighted by molar-refractivity contribution is 6.30. The molecule has 1 aromatic carbocycles. The molecule has 1 nitrogen and oxygen atoms in total. The molecular formula is C12H13Cl2F3O. The zero-order valence-electron chi connectivity index (χ0n) is 9.51. The molecule has 1 aromatic rings. The van der Waals surface area contributed by atoms with Gasteiger partial charge in [0.1, 0.15) is 6.61 Å². The summed E-state index contributed by atoms with van der Waals surface area (Å²) in [5, 5.41) is 0.620. The van der Waals surface area contributed by atoms with Crippen molar-refractivity contribution in [2.24, 2.45) is 5.92 Å². The second kappa shape index (κ2) is 7.22. The Morgan fingerprint density at radius 2 is 1.78 bits per heavy atom. The summed E-state index contributed by atoms with van der Waals surface area (Å²) in [6.07, 6.45) is -3.73. The van der Waals surface area contributed by atoms with Crippen LogP contribution in [0.3, 0.4) is 0 Å². The average molecular weight is 301 g/mol. The van der Waals surface area contributed by atoms with Gasteiger partial charge in [-0.3, -0.25) is 0 Å². The highest BCUT2D eigenvalue weighted by atomic mass is 35.5. The molecule has 0 aliphatic rings. The third kappa shape index (κ3) is 6.47. The molecular weight excluding hydrogens is 288 g/mol. The van der Waals surface area contributed by atoms with Crippen LogP contribution in [0.25, 0.3) is 0 Å². The van der Waals surface area contributed by atoms with Gasteiger partial charge in [-0.1, -0.05) is 23.7 Å². The van der Waals surface area contributed by atoms with E-state index in [-0.39, 0.29) is 18.4 Å². The van der Waals surface area contributed by atoms with E-state index in [1.807, 2.05) is 12.1 Å². The minimum absolute atomic E-state index is 0.00830. The van der Waals surface area contributed by atoms with E-state index >= 15 is 0 Å². The van der Waals surface area contributed by atoms with Gasteiger partial charge in [-0.15, -0.1) is 11.6 Å². The molecule has 0 N–H and O–H groups in total. The molecule has 0 fully saturated rings. The predicted octanol–water partition coefficient (Wildman–Crippen LogP) is 4.32. The lowest BCUT2D eigenvalue weighted by atomic mass is 10.0. The number of hydrogen-bond donors (Lipinski definition) is 0. The molecule has 0 saturated heterocycles. The molecule has 0 bridgehead atoms. The van der Waals surface area contributed by atoms with E-state index in [1.165, 1.54) is 0 Å². The smallest absolute Gasteiger partial charge is 0.372 e. The van der Waals surface area contributed by atoms with Crippen molar-refractivity contribution in [3.8, 4) is 0 Å². The summed E-state index contributed by atoms with van der Waals surface area (Å²) in [6.45, 7) is -1.24. The van der Waals surface area contributed by atoms with Gasteiger partial charge in [-0.05, 0) is 30.0 Å². The summed E-state index contributed by atoms with van der Waals surface area (Å²) in [5.41, 5.74) is 0.973. The number of rotatable bonds is 6. The van der Waals surface area contributed by atoms with Gasteiger partial charge >= 0.3 is 6.18 Å². The number of ether oxygens (including phenoxy) is 1. The Labute approximate surface area is 114 Å². The van der Waals surface area contributed by atoms with Gasteiger partial charge in [0.25, 0.3) is 0 Å². The van der Waals surface area contributed by atoms with Crippen LogP contribution >= 0.6 is 23.2 Å². The third-order valence-corrected chi connectivity index (χ3v) is 2.96. The summed E-state index contributed by atoms with van der Waals surface area (Å²) in [5.74, 6) is 0.107. The van der Waals surface area contributed by atoms with E-state index in [1.54, 1.807) is 12.1 Å². The molecule has 0 radical (unpaired) electrons. The number of hydrogen-bond acceptors (Lipinski definition) is 1. The minimum Gasteiger partial charge on any atom is -0.372 e. The Morgan fingerprint density at radius 3 is 2.28 bits per heavy atom. The number of halogens is 5. The van der Waals surface area contributed by atoms with Crippen molar-refractivity contribution in [3.63, 3.8) is 0 Å². The SMILES string of the molecule is FC(F)(F)COCC(CCl)Cc1ccc(Cl)cc1. The first kappa shape index (κ1) is 15.6. The maximum Gasteiger partial charge on any atom is 0.411 e. The van der Waals surface area contributed by atoms with Crippen LogP contribution < -0.4 is 0 Å². The van der Waals surface area contributed by atoms with Crippen molar-refractivity contribution < 1.29 is 17.9 Å². The van der Waals surface area contributed by atoms with Crippen LogP contribution in [0.4, 0.5) is 13.2 Å². The van der Waals surface area contributed by atoms with Gasteiger partial charge in [0, 0.05) is 10.9 Å². The topological polar surface area (TPSA) is 9.23 Å². The molecule has 0 saturated carbocycles. The van der Waals surface area contributed by atoms with E-state index in [9.17, 15) is 13.2 Å². The van der Waals surface area contributed by atoms with E-state index in [0.29, 0.717) is 11.4 Å². The lowest BCUT2D eigenvalue weighted by Gasteiger charge is -2.15. The van der Waals surface area contributed by atoms with E-state index in [2.05, 4.69) is 4.74 Å². The summed E-state index contributed by atoms with van der Waals surface area (Å²) < 4.78 is 40.3. The lowest BCUT2D eigenvalue weighted by molar-refractivity contribution is -0.176. The van der Waals surface area contributed by atoms with Crippen LogP contribution in [0.2, 0.25) is 5.02 Å². The van der Waals surface area contributed by atoms with E-state index in [4.69, 9.17) is 23.2 Å². The van der Waals surface area contributed by atoms with Crippen molar-refractivity contribution in [3.05, 3.63) is 34.9 Å². The van der Waals surface area contributed by atoms with Gasteiger partial charge in [-0.25, -0.2) is 0 Å². The highest BCUT2D eigenvalue weighted by Crippen LogP contribution is 2.17. The molecule has 0 aliphatic heterocycles. The zero-order valence-corrected chi connectivity index (χ0v) is 11.0. The molecule has 0 amide bonds. The Balaban J connectivity index is 2.40. The van der Waals surface area contributed by atoms with Gasteiger partial charge < -0.3 is 4.74 Å². The summed E-state index contributed by atoms with van der Waals surface area (Å²) in [4.78, 5) is 0. The van der Waals surface area contributed by atoms with Crippen molar-refractivity contribution in [1.29, 1.82) is 0 Å². The normalized spacial score (nSPS) is 13.6. The molecule has 0 heterocycles. The molecule has 0 spiro atoms. The monoisotopic (exact) mass is 300 g/mol. The fourth-order valence-electron chi connectivity index (χ4n) is 1.45. The molecule has 1 unspecified atom stereocenters. The maximum absolute atomic E-state index is 11.9. The van der Waals surface area contributed by atoms with E-state index in [0.717, 1.165) is 5.56 Å². The molecule has 18 heavy (non-hydrogen) atoms. The molecule has 102 valence electrons. The van der Waals surface area contributed by atoms with Gasteiger partial charge in [-0.2, -0.15) is 13.2 Å². The van der Waals surface area contributed by atoms with Crippen molar-refractivity contribution in [2.45, 2.75) is 12.6 Å². The maximum atomic E-state index is 11.9. The highest BCUT2D eigenvalue weighted by Gasteiger charge is 2.27.